The Labute approximate surface area is 94.5 Å². The van der Waals surface area contributed by atoms with Crippen molar-refractivity contribution in [1.29, 1.82) is 0 Å². The zero-order chi connectivity index (χ0) is 9.40. The van der Waals surface area contributed by atoms with Gasteiger partial charge in [0.25, 0.3) is 0 Å². The SMILES string of the molecule is ClC[C@@H](Cl)CCCC[C@H](Cl)CCl. The van der Waals surface area contributed by atoms with Gasteiger partial charge in [-0.3, -0.25) is 0 Å². The number of rotatable bonds is 7. The zero-order valence-electron chi connectivity index (χ0n) is 6.91. The number of unbranched alkanes of at least 4 members (excludes halogenated alkanes) is 1. The van der Waals surface area contributed by atoms with E-state index in [0.29, 0.717) is 11.8 Å². The Morgan fingerprint density at radius 1 is 0.750 bits per heavy atom. The lowest BCUT2D eigenvalue weighted by atomic mass is 10.1. The van der Waals surface area contributed by atoms with Gasteiger partial charge in [-0.05, 0) is 12.8 Å². The van der Waals surface area contributed by atoms with E-state index in [1.165, 1.54) is 0 Å². The highest BCUT2D eigenvalue weighted by atomic mass is 35.5. The van der Waals surface area contributed by atoms with Gasteiger partial charge in [0.2, 0.25) is 0 Å². The Morgan fingerprint density at radius 3 is 1.33 bits per heavy atom. The van der Waals surface area contributed by atoms with E-state index in [2.05, 4.69) is 0 Å². The van der Waals surface area contributed by atoms with E-state index in [-0.39, 0.29) is 10.8 Å². The minimum atomic E-state index is 0.108. The lowest BCUT2D eigenvalue weighted by Crippen LogP contribution is -2.02. The van der Waals surface area contributed by atoms with Crippen molar-refractivity contribution in [1.82, 2.24) is 0 Å². The van der Waals surface area contributed by atoms with Gasteiger partial charge in [-0.15, -0.1) is 46.4 Å². The lowest BCUT2D eigenvalue weighted by Gasteiger charge is -2.06. The van der Waals surface area contributed by atoms with Crippen LogP contribution in [0.25, 0.3) is 0 Å². The third kappa shape index (κ3) is 7.79. The summed E-state index contributed by atoms with van der Waals surface area (Å²) in [7, 11) is 0. The molecule has 0 unspecified atom stereocenters. The van der Waals surface area contributed by atoms with Gasteiger partial charge >= 0.3 is 0 Å². The molecule has 0 N–H and O–H groups in total. The normalized spacial score (nSPS) is 16.0. The minimum absolute atomic E-state index is 0.108. The van der Waals surface area contributed by atoms with Gasteiger partial charge in [0.05, 0.1) is 0 Å². The molecule has 0 aromatic heterocycles. The van der Waals surface area contributed by atoms with Gasteiger partial charge in [-0.1, -0.05) is 12.8 Å². The van der Waals surface area contributed by atoms with Crippen molar-refractivity contribution in [2.24, 2.45) is 0 Å². The summed E-state index contributed by atoms with van der Waals surface area (Å²) < 4.78 is 0. The summed E-state index contributed by atoms with van der Waals surface area (Å²) in [6.07, 6.45) is 4.11. The molecule has 0 amide bonds. The highest BCUT2D eigenvalue weighted by Gasteiger charge is 2.04. The van der Waals surface area contributed by atoms with Crippen molar-refractivity contribution in [3.8, 4) is 0 Å². The second-order valence-corrected chi connectivity index (χ2v) is 4.64. The number of hydrogen-bond donors (Lipinski definition) is 0. The molecule has 0 fully saturated rings. The summed E-state index contributed by atoms with van der Waals surface area (Å²) in [5.74, 6) is 1.06. The molecule has 0 nitrogen and oxygen atoms in total. The first-order chi connectivity index (χ1) is 5.70. The van der Waals surface area contributed by atoms with E-state index >= 15 is 0 Å². The van der Waals surface area contributed by atoms with Gasteiger partial charge in [0.1, 0.15) is 0 Å². The van der Waals surface area contributed by atoms with Crippen LogP contribution in [0.3, 0.4) is 0 Å². The maximum absolute atomic E-state index is 5.82. The third-order valence-electron chi connectivity index (χ3n) is 1.62. The first kappa shape index (κ1) is 13.2. The van der Waals surface area contributed by atoms with Crippen LogP contribution in [0.4, 0.5) is 0 Å². The van der Waals surface area contributed by atoms with Crippen LogP contribution in [0, 0.1) is 0 Å². The second kappa shape index (κ2) is 8.74. The molecule has 12 heavy (non-hydrogen) atoms. The fourth-order valence-electron chi connectivity index (χ4n) is 0.886. The standard InChI is InChI=1S/C8H14Cl4/c9-5-7(11)3-1-2-4-8(12)6-10/h7-8H,1-6H2/t7-,8-/m0/s1. The van der Waals surface area contributed by atoms with E-state index in [1.54, 1.807) is 0 Å². The average Bonchev–Trinajstić information content (AvgIpc) is 2.11. The molecule has 0 aromatic rings. The fraction of sp³-hybridized carbons (Fsp3) is 1.00. The van der Waals surface area contributed by atoms with Crippen LogP contribution in [0.5, 0.6) is 0 Å². The molecule has 0 aliphatic carbocycles. The van der Waals surface area contributed by atoms with E-state index in [9.17, 15) is 0 Å². The number of alkyl halides is 4. The van der Waals surface area contributed by atoms with Crippen molar-refractivity contribution < 1.29 is 0 Å². The number of halogens is 4. The molecule has 0 radical (unpaired) electrons. The molecular weight excluding hydrogens is 238 g/mol. The molecular formula is C8H14Cl4. The molecule has 0 spiro atoms. The summed E-state index contributed by atoms with van der Waals surface area (Å²) in [4.78, 5) is 0. The molecule has 0 aromatic carbocycles. The van der Waals surface area contributed by atoms with Crippen LogP contribution in [0.2, 0.25) is 0 Å². The zero-order valence-corrected chi connectivity index (χ0v) is 9.93. The third-order valence-corrected chi connectivity index (χ3v) is 3.43. The molecule has 0 bridgehead atoms. The Bertz CT molecular complexity index is 85.1. The topological polar surface area (TPSA) is 0 Å². The summed E-state index contributed by atoms with van der Waals surface area (Å²) >= 11 is 22.7. The minimum Gasteiger partial charge on any atom is -0.125 e. The highest BCUT2D eigenvalue weighted by molar-refractivity contribution is 6.28. The average molecular weight is 252 g/mol. The monoisotopic (exact) mass is 250 g/mol. The van der Waals surface area contributed by atoms with E-state index < -0.39 is 0 Å². The molecule has 74 valence electrons. The molecule has 2 atom stereocenters. The van der Waals surface area contributed by atoms with Crippen LogP contribution in [-0.4, -0.2) is 22.5 Å². The van der Waals surface area contributed by atoms with Gasteiger partial charge in [0, 0.05) is 22.5 Å². The van der Waals surface area contributed by atoms with Crippen LogP contribution < -0.4 is 0 Å². The van der Waals surface area contributed by atoms with Gasteiger partial charge in [-0.25, -0.2) is 0 Å². The first-order valence-electron chi connectivity index (χ1n) is 4.10. The van der Waals surface area contributed by atoms with Crippen molar-refractivity contribution in [2.45, 2.75) is 36.4 Å². The van der Waals surface area contributed by atoms with Crippen LogP contribution in [-0.2, 0) is 0 Å². The van der Waals surface area contributed by atoms with Crippen molar-refractivity contribution in [2.75, 3.05) is 11.8 Å². The van der Waals surface area contributed by atoms with E-state index in [1.807, 2.05) is 0 Å². The molecule has 0 saturated carbocycles. The van der Waals surface area contributed by atoms with Crippen LogP contribution in [0.15, 0.2) is 0 Å². The smallest absolute Gasteiger partial charge is 0.0471 e. The van der Waals surface area contributed by atoms with Crippen molar-refractivity contribution in [3.63, 3.8) is 0 Å². The lowest BCUT2D eigenvalue weighted by molar-refractivity contribution is 0.634. The Balaban J connectivity index is 3.10. The van der Waals surface area contributed by atoms with Crippen molar-refractivity contribution in [3.05, 3.63) is 0 Å². The van der Waals surface area contributed by atoms with Crippen LogP contribution >= 0.6 is 46.4 Å². The quantitative estimate of drug-likeness (QED) is 0.469. The van der Waals surface area contributed by atoms with Gasteiger partial charge < -0.3 is 0 Å². The summed E-state index contributed by atoms with van der Waals surface area (Å²) in [5.41, 5.74) is 0. The number of hydrogen-bond acceptors (Lipinski definition) is 0. The predicted octanol–water partition coefficient (Wildman–Crippen LogP) is 4.24. The fourth-order valence-corrected chi connectivity index (χ4v) is 1.50. The Morgan fingerprint density at radius 2 is 1.08 bits per heavy atom. The Kier molecular flexibility index (Phi) is 9.59. The predicted molar refractivity (Wildman–Crippen MR) is 59.2 cm³/mol. The maximum atomic E-state index is 5.82. The van der Waals surface area contributed by atoms with Gasteiger partial charge in [-0.2, -0.15) is 0 Å². The molecule has 0 heterocycles. The summed E-state index contributed by atoms with van der Waals surface area (Å²) in [5, 5.41) is 0.216. The largest absolute Gasteiger partial charge is 0.125 e. The maximum Gasteiger partial charge on any atom is 0.0471 e. The molecule has 0 rings (SSSR count). The summed E-state index contributed by atoms with van der Waals surface area (Å²) in [6, 6.07) is 0. The second-order valence-electron chi connectivity index (χ2n) is 2.79. The van der Waals surface area contributed by atoms with Crippen molar-refractivity contribution >= 4 is 46.4 Å². The van der Waals surface area contributed by atoms with Gasteiger partial charge in [0.15, 0.2) is 0 Å². The first-order valence-corrected chi connectivity index (χ1v) is 6.05. The molecule has 0 saturated heterocycles. The van der Waals surface area contributed by atoms with E-state index in [0.717, 1.165) is 25.7 Å². The molecule has 0 aliphatic rings. The summed E-state index contributed by atoms with van der Waals surface area (Å²) in [6.45, 7) is 0. The molecule has 0 aliphatic heterocycles. The molecule has 4 heteroatoms. The van der Waals surface area contributed by atoms with E-state index in [4.69, 9.17) is 46.4 Å². The Hall–Kier alpha value is 1.16. The van der Waals surface area contributed by atoms with Crippen LogP contribution in [0.1, 0.15) is 25.7 Å². The highest BCUT2D eigenvalue weighted by Crippen LogP contribution is 2.14.